The maximum Gasteiger partial charge on any atom is 0.405 e. The van der Waals surface area contributed by atoms with Crippen LogP contribution < -0.4 is 80.0 Å². The van der Waals surface area contributed by atoms with Crippen LogP contribution in [0.4, 0.5) is 23.3 Å². The lowest BCUT2D eigenvalue weighted by Crippen LogP contribution is -2.47. The minimum absolute atomic E-state index is 0.172. The van der Waals surface area contributed by atoms with Gasteiger partial charge in [0.1, 0.15) is 23.2 Å². The molecule has 0 saturated carbocycles. The molecular weight excluding hydrogens is 1370 g/mol. The number of aromatic nitrogens is 8. The Balaban J connectivity index is 0.000000108. The fourth-order valence-corrected chi connectivity index (χ4v) is 15.7. The van der Waals surface area contributed by atoms with Crippen molar-refractivity contribution >= 4 is 144 Å². The Labute approximate surface area is 644 Å². The zero-order valence-electron chi connectivity index (χ0n) is 64.1. The molecule has 20 rings (SSSR count). The summed E-state index contributed by atoms with van der Waals surface area (Å²) in [6, 6.07) is 69.3. The predicted molar refractivity (Wildman–Crippen MR) is 452 cm³/mol. The smallest absolute Gasteiger partial charge is 0.405 e. The molecule has 12 aromatic heterocycles. The summed E-state index contributed by atoms with van der Waals surface area (Å²) in [5, 5.41) is 8.66. The van der Waals surface area contributed by atoms with Crippen molar-refractivity contribution in [2.75, 3.05) is 19.2 Å². The van der Waals surface area contributed by atoms with Crippen molar-refractivity contribution in [3.63, 3.8) is 0 Å². The summed E-state index contributed by atoms with van der Waals surface area (Å²) in [5.41, 5.74) is 19.9. The second kappa shape index (κ2) is 29.7. The second-order valence-corrected chi connectivity index (χ2v) is 29.1. The standard InChI is InChI=1S/3C23H21BN3O.C22H19BN3O/c1-16-14-26(3)22(12-19(16)17-8-5-4-6-9-17)27-15-20-18-10-7-11-25-23(18)28-21(20)13-24(27)2;1-16-14-26(3)22(12-19(16)17-8-5-4-6-9-17)27-15-21-20(13-24(27)2)18-10-7-11-25-23(18)28-21;1-16-12-22(26(3)14-20(16)17-8-5-4-6-9-17)27-15-21-19(13-24(27)2)18-10-7-11-25-23(18)28-21;1-23-14-20-19(18-9-6-11-24-22(18)27-20)15-26(23)21-13-17(10-12-25(21)2)16-7-4-3-5-8-16/h3*4-15H,1-3H3;3-15H,1-2H3/q4*+1. The molecule has 16 nitrogen and oxygen atoms in total. The summed E-state index contributed by atoms with van der Waals surface area (Å²) in [4.78, 5) is 26.5. The van der Waals surface area contributed by atoms with Crippen LogP contribution in [0.15, 0.2) is 267 Å². The molecule has 16 aromatic rings. The average molecular weight is 1450 g/mol. The molecule has 0 unspecified atom stereocenters. The van der Waals surface area contributed by atoms with Crippen molar-refractivity contribution in [2.24, 2.45) is 28.2 Å². The van der Waals surface area contributed by atoms with E-state index in [1.807, 2.05) is 36.4 Å². The number of nitrogens with zero attached hydrogens (tertiary/aromatic N) is 12. The molecule has 0 aliphatic carbocycles. The number of fused-ring (bicyclic) bond motifs is 12. The van der Waals surface area contributed by atoms with Crippen molar-refractivity contribution in [1.82, 2.24) is 19.9 Å². The van der Waals surface area contributed by atoms with E-state index in [2.05, 4.69) is 371 Å². The molecule has 0 atom stereocenters. The first kappa shape index (κ1) is 70.6. The van der Waals surface area contributed by atoms with Crippen molar-refractivity contribution < 1.29 is 35.9 Å². The topological polar surface area (TPSA) is 133 Å². The van der Waals surface area contributed by atoms with E-state index in [1.165, 1.54) is 61.2 Å². The van der Waals surface area contributed by atoms with Crippen LogP contribution in [0, 0.1) is 20.8 Å². The zero-order valence-corrected chi connectivity index (χ0v) is 64.1. The van der Waals surface area contributed by atoms with Crippen LogP contribution >= 0.6 is 0 Å². The van der Waals surface area contributed by atoms with Gasteiger partial charge in [-0.2, -0.15) is 0 Å². The van der Waals surface area contributed by atoms with Crippen molar-refractivity contribution in [3.05, 3.63) is 309 Å². The summed E-state index contributed by atoms with van der Waals surface area (Å²) < 4.78 is 32.6. The highest BCUT2D eigenvalue weighted by Crippen LogP contribution is 2.31. The molecule has 111 heavy (non-hydrogen) atoms. The maximum absolute atomic E-state index is 6.02. The Kier molecular flexibility index (Phi) is 18.9. The predicted octanol–water partition coefficient (Wildman–Crippen LogP) is 11.0. The molecule has 0 saturated heterocycles. The minimum Gasteiger partial charge on any atom is -0.439 e. The first-order valence-electron chi connectivity index (χ1n) is 37.7. The number of aryl methyl sites for hydroxylation is 7. The van der Waals surface area contributed by atoms with Crippen LogP contribution in [0.3, 0.4) is 0 Å². The van der Waals surface area contributed by atoms with Crippen molar-refractivity contribution in [2.45, 2.75) is 48.1 Å². The zero-order chi connectivity index (χ0) is 76.1. The highest BCUT2D eigenvalue weighted by Gasteiger charge is 2.35. The Bertz CT molecular complexity index is 6840. The Morgan fingerprint density at radius 3 is 1.04 bits per heavy atom. The number of hydrogen-bond donors (Lipinski definition) is 0. The third kappa shape index (κ3) is 13.7. The van der Waals surface area contributed by atoms with Gasteiger partial charge in [0.05, 0.1) is 86.6 Å². The third-order valence-electron chi connectivity index (χ3n) is 21.4. The van der Waals surface area contributed by atoms with Gasteiger partial charge in [-0.3, -0.25) is 19.2 Å². The largest absolute Gasteiger partial charge is 0.439 e. The number of hydrogen-bond acceptors (Lipinski definition) is 12. The van der Waals surface area contributed by atoms with E-state index in [0.717, 1.165) is 87.4 Å². The molecule has 4 aromatic carbocycles. The van der Waals surface area contributed by atoms with Gasteiger partial charge in [0.2, 0.25) is 22.9 Å². The molecule has 538 valence electrons. The van der Waals surface area contributed by atoms with Crippen LogP contribution in [0.1, 0.15) is 16.7 Å². The molecule has 16 heterocycles. The number of furan rings is 4. The van der Waals surface area contributed by atoms with Gasteiger partial charge < -0.3 is 17.7 Å². The van der Waals surface area contributed by atoms with Gasteiger partial charge in [-0.25, -0.2) is 38.2 Å². The lowest BCUT2D eigenvalue weighted by molar-refractivity contribution is -0.658. The average Bonchev–Trinajstić information content (AvgIpc) is 1.69. The first-order chi connectivity index (χ1) is 54.0. The van der Waals surface area contributed by atoms with E-state index in [9.17, 15) is 0 Å². The van der Waals surface area contributed by atoms with Gasteiger partial charge >= 0.3 is 27.4 Å². The quantitative estimate of drug-likeness (QED) is 0.106. The molecule has 0 spiro atoms. The molecule has 4 aliphatic heterocycles. The molecule has 0 amide bonds. The number of anilines is 4. The van der Waals surface area contributed by atoms with Gasteiger partial charge in [0.15, 0.2) is 10.8 Å². The monoisotopic (exact) mass is 1450 g/mol. The minimum atomic E-state index is 0.172. The van der Waals surface area contributed by atoms with E-state index >= 15 is 0 Å². The number of benzene rings is 4. The molecular formula is C91H82B4N12O4+4. The van der Waals surface area contributed by atoms with Crippen LogP contribution in [0.25, 0.3) is 138 Å². The van der Waals surface area contributed by atoms with Crippen molar-refractivity contribution in [3.8, 4) is 44.5 Å². The van der Waals surface area contributed by atoms with Gasteiger partial charge in [-0.05, 0) is 170 Å². The van der Waals surface area contributed by atoms with E-state index in [-0.39, 0.29) is 27.4 Å². The summed E-state index contributed by atoms with van der Waals surface area (Å²) in [5.74, 6) is 13.3. The van der Waals surface area contributed by atoms with E-state index in [4.69, 9.17) is 17.7 Å². The summed E-state index contributed by atoms with van der Waals surface area (Å²) in [6.45, 7) is 16.0. The van der Waals surface area contributed by atoms with Gasteiger partial charge in [-0.1, -0.05) is 133 Å². The Hall–Kier alpha value is -13.3. The highest BCUT2D eigenvalue weighted by molar-refractivity contribution is 6.78. The van der Waals surface area contributed by atoms with E-state index < -0.39 is 0 Å². The highest BCUT2D eigenvalue weighted by atomic mass is 16.3. The van der Waals surface area contributed by atoms with Gasteiger partial charge in [0, 0.05) is 75.8 Å². The summed E-state index contributed by atoms with van der Waals surface area (Å²) in [7, 11) is 8.36. The number of rotatable bonds is 8. The SMILES string of the molecule is CB1C=c2c(oc3ncccc23)=CN1c1cc(-c2ccccc2)c(C)c[n+]1C.CB1C=c2c(oc3ncccc23)=CN1c1cc(C)c(-c2ccccc2)c[n+]1C.CB1C=c2oc3ncccc3c2=CN1c1cc(-c2ccccc2)c(C)c[n+]1C.CB1C=c2oc3ncccc3c2=CN1c1cc(-c2ccccc2)cc[n+]1C. The van der Waals surface area contributed by atoms with E-state index in [1.54, 1.807) is 24.8 Å². The molecule has 4 aliphatic rings. The Morgan fingerprint density at radius 1 is 0.288 bits per heavy atom. The molecule has 0 N–H and O–H groups in total. The van der Waals surface area contributed by atoms with Crippen molar-refractivity contribution in [1.29, 1.82) is 0 Å². The van der Waals surface area contributed by atoms with E-state index in [0.29, 0.717) is 22.9 Å². The van der Waals surface area contributed by atoms with Gasteiger partial charge in [-0.15, -0.1) is 0 Å². The fraction of sp³-hybridized carbons (Fsp3) is 0.121. The molecule has 20 heteroatoms. The second-order valence-electron chi connectivity index (χ2n) is 29.1. The molecule has 0 fully saturated rings. The summed E-state index contributed by atoms with van der Waals surface area (Å²) >= 11 is 0. The fourth-order valence-electron chi connectivity index (χ4n) is 15.7. The lowest BCUT2D eigenvalue weighted by Gasteiger charge is -2.20. The lowest BCUT2D eigenvalue weighted by atomic mass is 9.61. The molecule has 0 bridgehead atoms. The first-order valence-corrected chi connectivity index (χ1v) is 37.7. The van der Waals surface area contributed by atoms with Crippen LogP contribution in [0.5, 0.6) is 0 Å². The normalized spacial score (nSPS) is 13.3. The molecule has 0 radical (unpaired) electrons. The Morgan fingerprint density at radius 2 is 0.622 bits per heavy atom. The number of pyridine rings is 8. The third-order valence-corrected chi connectivity index (χ3v) is 21.4. The summed E-state index contributed by atoms with van der Waals surface area (Å²) in [6.07, 6.45) is 24.3. The maximum atomic E-state index is 6.02. The van der Waals surface area contributed by atoms with Crippen LogP contribution in [-0.4, -0.2) is 47.3 Å². The van der Waals surface area contributed by atoms with Crippen LogP contribution in [-0.2, 0) is 28.2 Å². The van der Waals surface area contributed by atoms with Crippen LogP contribution in [0.2, 0.25) is 27.3 Å². The van der Waals surface area contributed by atoms with Gasteiger partial charge in [0.25, 0.3) is 23.3 Å².